The number of benzene rings is 1. The fourth-order valence-electron chi connectivity index (χ4n) is 3.05. The predicted octanol–water partition coefficient (Wildman–Crippen LogP) is 3.04. The number of aryl methyl sites for hydroxylation is 1. The quantitative estimate of drug-likeness (QED) is 0.900. The van der Waals surface area contributed by atoms with Crippen molar-refractivity contribution in [3.8, 4) is 0 Å². The number of nitrogens with one attached hydrogen (secondary N) is 1. The third kappa shape index (κ3) is 2.52. The molecule has 1 aromatic carbocycles. The molecule has 4 nitrogen and oxygen atoms in total. The van der Waals surface area contributed by atoms with Gasteiger partial charge in [-0.15, -0.1) is 0 Å². The summed E-state index contributed by atoms with van der Waals surface area (Å²) in [6.07, 6.45) is 4.01. The molecular weight excluding hydrogens is 252 g/mol. The second kappa shape index (κ2) is 5.44. The summed E-state index contributed by atoms with van der Waals surface area (Å²) in [5, 5.41) is 3.04. The van der Waals surface area contributed by atoms with Gasteiger partial charge in [-0.3, -0.25) is 0 Å². The highest BCUT2D eigenvalue weighted by Crippen LogP contribution is 2.36. The number of amides is 2. The third-order valence-electron chi connectivity index (χ3n) is 4.57. The lowest BCUT2D eigenvalue weighted by Gasteiger charge is -2.47. The van der Waals surface area contributed by atoms with E-state index < -0.39 is 0 Å². The van der Waals surface area contributed by atoms with E-state index in [0.29, 0.717) is 0 Å². The molecule has 1 aromatic rings. The molecule has 0 aliphatic carbocycles. The van der Waals surface area contributed by atoms with E-state index >= 15 is 0 Å². The third-order valence-corrected chi connectivity index (χ3v) is 4.57. The van der Waals surface area contributed by atoms with Crippen molar-refractivity contribution in [3.05, 3.63) is 29.8 Å². The average Bonchev–Trinajstić information content (AvgIpc) is 2.46. The van der Waals surface area contributed by atoms with Crippen LogP contribution in [0.25, 0.3) is 0 Å². The van der Waals surface area contributed by atoms with Crippen LogP contribution in [-0.4, -0.2) is 36.2 Å². The number of rotatable bonds is 2. The summed E-state index contributed by atoms with van der Waals surface area (Å²) in [7, 11) is 0. The highest BCUT2D eigenvalue weighted by Gasteiger charge is 2.41. The molecule has 20 heavy (non-hydrogen) atoms. The van der Waals surface area contributed by atoms with E-state index in [9.17, 15) is 4.79 Å². The molecule has 2 aliphatic heterocycles. The Hall–Kier alpha value is -1.55. The standard InChI is InChI=1S/C16H22N2O2/c1-2-13-5-3-4-6-14(13)17-15(19)18-10-7-16(8-11-18)9-12-20-16/h3-6H,2,7-12H2,1H3,(H,17,19). The molecule has 0 saturated carbocycles. The van der Waals surface area contributed by atoms with Crippen molar-refractivity contribution in [2.45, 2.75) is 38.2 Å². The number of nitrogens with zero attached hydrogens (tertiary/aromatic N) is 1. The molecule has 0 unspecified atom stereocenters. The van der Waals surface area contributed by atoms with Gasteiger partial charge in [0, 0.05) is 18.8 Å². The molecule has 2 heterocycles. The second-order valence-corrected chi connectivity index (χ2v) is 5.71. The lowest BCUT2D eigenvalue weighted by atomic mass is 9.84. The van der Waals surface area contributed by atoms with Gasteiger partial charge < -0.3 is 15.0 Å². The van der Waals surface area contributed by atoms with Crippen LogP contribution in [-0.2, 0) is 11.2 Å². The zero-order valence-electron chi connectivity index (χ0n) is 12.0. The van der Waals surface area contributed by atoms with Crippen LogP contribution in [0.2, 0.25) is 0 Å². The van der Waals surface area contributed by atoms with E-state index in [1.165, 1.54) is 5.56 Å². The number of carbonyl (C=O) groups excluding carboxylic acids is 1. The number of para-hydroxylation sites is 1. The van der Waals surface area contributed by atoms with Gasteiger partial charge in [0.05, 0.1) is 12.2 Å². The summed E-state index contributed by atoms with van der Waals surface area (Å²) in [5.74, 6) is 0. The molecule has 1 N–H and O–H groups in total. The number of anilines is 1. The summed E-state index contributed by atoms with van der Waals surface area (Å²) < 4.78 is 5.68. The number of likely N-dealkylation sites (tertiary alicyclic amines) is 1. The van der Waals surface area contributed by atoms with Crippen LogP contribution in [0.15, 0.2) is 24.3 Å². The van der Waals surface area contributed by atoms with Crippen molar-refractivity contribution < 1.29 is 9.53 Å². The fraction of sp³-hybridized carbons (Fsp3) is 0.562. The maximum absolute atomic E-state index is 12.3. The minimum Gasteiger partial charge on any atom is -0.375 e. The Bertz CT molecular complexity index is 487. The minimum atomic E-state index is 0.0140. The first-order chi connectivity index (χ1) is 9.72. The molecule has 0 bridgehead atoms. The maximum Gasteiger partial charge on any atom is 0.321 e. The topological polar surface area (TPSA) is 41.6 Å². The molecule has 108 valence electrons. The molecule has 2 saturated heterocycles. The van der Waals surface area contributed by atoms with Crippen LogP contribution in [0.4, 0.5) is 10.5 Å². The Morgan fingerprint density at radius 3 is 2.60 bits per heavy atom. The smallest absolute Gasteiger partial charge is 0.321 e. The van der Waals surface area contributed by atoms with Gasteiger partial charge in [0.25, 0.3) is 0 Å². The van der Waals surface area contributed by atoms with E-state index in [0.717, 1.165) is 51.1 Å². The molecule has 2 fully saturated rings. The molecule has 4 heteroatoms. The largest absolute Gasteiger partial charge is 0.375 e. The van der Waals surface area contributed by atoms with Gasteiger partial charge in [0.15, 0.2) is 0 Å². The number of piperidine rings is 1. The first-order valence-corrected chi connectivity index (χ1v) is 7.50. The molecule has 0 atom stereocenters. The summed E-state index contributed by atoms with van der Waals surface area (Å²) in [6.45, 7) is 4.57. The van der Waals surface area contributed by atoms with Crippen LogP contribution in [0.5, 0.6) is 0 Å². The molecule has 2 aliphatic rings. The summed E-state index contributed by atoms with van der Waals surface area (Å²) in [6, 6.07) is 8.01. The van der Waals surface area contributed by atoms with E-state index in [-0.39, 0.29) is 11.6 Å². The van der Waals surface area contributed by atoms with Gasteiger partial charge in [-0.05, 0) is 37.3 Å². The van der Waals surface area contributed by atoms with Gasteiger partial charge in [0.2, 0.25) is 0 Å². The van der Waals surface area contributed by atoms with Gasteiger partial charge in [-0.25, -0.2) is 4.79 Å². The highest BCUT2D eigenvalue weighted by atomic mass is 16.5. The van der Waals surface area contributed by atoms with Crippen LogP contribution in [0.1, 0.15) is 31.7 Å². The van der Waals surface area contributed by atoms with Crippen molar-refractivity contribution in [3.63, 3.8) is 0 Å². The lowest BCUT2D eigenvalue weighted by molar-refractivity contribution is -0.168. The normalized spacial score (nSPS) is 20.6. The monoisotopic (exact) mass is 274 g/mol. The maximum atomic E-state index is 12.3. The van der Waals surface area contributed by atoms with Crippen molar-refractivity contribution in [1.29, 1.82) is 0 Å². The van der Waals surface area contributed by atoms with Crippen molar-refractivity contribution in [2.24, 2.45) is 0 Å². The summed E-state index contributed by atoms with van der Waals surface area (Å²) >= 11 is 0. The molecule has 2 amide bonds. The molecule has 1 spiro atoms. The molecule has 0 radical (unpaired) electrons. The number of carbonyl (C=O) groups is 1. The van der Waals surface area contributed by atoms with Crippen LogP contribution < -0.4 is 5.32 Å². The average molecular weight is 274 g/mol. The van der Waals surface area contributed by atoms with Gasteiger partial charge in [-0.2, -0.15) is 0 Å². The molecule has 0 aromatic heterocycles. The fourth-order valence-corrected chi connectivity index (χ4v) is 3.05. The minimum absolute atomic E-state index is 0.0140. The van der Waals surface area contributed by atoms with E-state index in [2.05, 4.69) is 18.3 Å². The Labute approximate surface area is 120 Å². The van der Waals surface area contributed by atoms with Crippen molar-refractivity contribution >= 4 is 11.7 Å². The zero-order chi connectivity index (χ0) is 14.0. The lowest BCUT2D eigenvalue weighted by Crippen LogP contribution is -2.54. The predicted molar refractivity (Wildman–Crippen MR) is 78.9 cm³/mol. The Morgan fingerprint density at radius 2 is 2.00 bits per heavy atom. The van der Waals surface area contributed by atoms with E-state index in [1.807, 2.05) is 23.1 Å². The van der Waals surface area contributed by atoms with E-state index in [4.69, 9.17) is 4.74 Å². The first kappa shape index (κ1) is 13.4. The van der Waals surface area contributed by atoms with Crippen LogP contribution in [0.3, 0.4) is 0 Å². The second-order valence-electron chi connectivity index (χ2n) is 5.71. The Morgan fingerprint density at radius 1 is 1.30 bits per heavy atom. The Balaban J connectivity index is 1.59. The van der Waals surface area contributed by atoms with Crippen LogP contribution >= 0.6 is 0 Å². The number of hydrogen-bond acceptors (Lipinski definition) is 2. The van der Waals surface area contributed by atoms with Crippen LogP contribution in [0, 0.1) is 0 Å². The van der Waals surface area contributed by atoms with Crippen molar-refractivity contribution in [1.82, 2.24) is 4.90 Å². The van der Waals surface area contributed by atoms with E-state index in [1.54, 1.807) is 0 Å². The Kier molecular flexibility index (Phi) is 3.66. The van der Waals surface area contributed by atoms with Gasteiger partial charge in [-0.1, -0.05) is 25.1 Å². The summed E-state index contributed by atoms with van der Waals surface area (Å²) in [5.41, 5.74) is 2.20. The van der Waals surface area contributed by atoms with Crippen molar-refractivity contribution in [2.75, 3.05) is 25.0 Å². The zero-order valence-corrected chi connectivity index (χ0v) is 12.0. The van der Waals surface area contributed by atoms with Gasteiger partial charge >= 0.3 is 6.03 Å². The number of urea groups is 1. The SMILES string of the molecule is CCc1ccccc1NC(=O)N1CCC2(CCO2)CC1. The first-order valence-electron chi connectivity index (χ1n) is 7.50. The highest BCUT2D eigenvalue weighted by molar-refractivity contribution is 5.90. The molecular formula is C16H22N2O2. The molecule has 3 rings (SSSR count). The van der Waals surface area contributed by atoms with Gasteiger partial charge in [0.1, 0.15) is 0 Å². The number of hydrogen-bond donors (Lipinski definition) is 1. The summed E-state index contributed by atoms with van der Waals surface area (Å²) in [4.78, 5) is 14.2. The number of ether oxygens (including phenoxy) is 1.